The Morgan fingerprint density at radius 2 is 2.04 bits per heavy atom. The van der Waals surface area contributed by atoms with Gasteiger partial charge in [0.1, 0.15) is 0 Å². The number of hydrogen-bond acceptors (Lipinski definition) is 5. The summed E-state index contributed by atoms with van der Waals surface area (Å²) >= 11 is 1.39. The van der Waals surface area contributed by atoms with E-state index in [9.17, 15) is 13.2 Å². The van der Waals surface area contributed by atoms with Crippen LogP contribution in [0.4, 0.5) is 5.69 Å². The third-order valence-electron chi connectivity index (χ3n) is 4.65. The molecule has 0 radical (unpaired) electrons. The smallest absolute Gasteiger partial charge is 0.238 e. The van der Waals surface area contributed by atoms with Crippen molar-refractivity contribution in [2.45, 2.75) is 16.5 Å². The summed E-state index contributed by atoms with van der Waals surface area (Å²) in [5.74, 6) is 0.224. The van der Waals surface area contributed by atoms with Gasteiger partial charge < -0.3 is 9.47 Å². The molecule has 1 aromatic heterocycles. The normalized spacial score (nSPS) is 13.9. The first-order valence-electron chi connectivity index (χ1n) is 8.35. The zero-order chi connectivity index (χ0) is 19.2. The highest BCUT2D eigenvalue weighted by molar-refractivity contribution is 7.99. The molecule has 2 N–H and O–H groups in total. The van der Waals surface area contributed by atoms with Crippen molar-refractivity contribution in [3.63, 3.8) is 0 Å². The topological polar surface area (TPSA) is 98.3 Å². The van der Waals surface area contributed by atoms with E-state index in [1.54, 1.807) is 17.0 Å². The minimum atomic E-state index is -3.74. The minimum absolute atomic E-state index is 0.0332. The molecule has 140 valence electrons. The van der Waals surface area contributed by atoms with Gasteiger partial charge in [-0.15, -0.1) is 0 Å². The second-order valence-corrected chi connectivity index (χ2v) is 8.87. The van der Waals surface area contributed by atoms with Crippen LogP contribution < -0.4 is 10.0 Å². The summed E-state index contributed by atoms with van der Waals surface area (Å²) in [5, 5.41) is 5.97. The number of nitrogens with zero attached hydrogens (tertiary/aromatic N) is 3. The Hall–Kier alpha value is -2.36. The predicted molar refractivity (Wildman–Crippen MR) is 105 cm³/mol. The Morgan fingerprint density at radius 1 is 1.26 bits per heavy atom. The van der Waals surface area contributed by atoms with Crippen molar-refractivity contribution in [3.05, 3.63) is 48.0 Å². The van der Waals surface area contributed by atoms with Crippen molar-refractivity contribution < 1.29 is 13.2 Å². The molecule has 7 nitrogen and oxygen atoms in total. The fourth-order valence-corrected chi connectivity index (χ4v) is 4.70. The second-order valence-electron chi connectivity index (χ2n) is 6.36. The molecule has 0 bridgehead atoms. The number of nitrogens with two attached hydrogens (primary N) is 1. The van der Waals surface area contributed by atoms with E-state index in [-0.39, 0.29) is 16.6 Å². The Labute approximate surface area is 161 Å². The number of para-hydroxylation sites is 2. The van der Waals surface area contributed by atoms with Crippen LogP contribution in [0.5, 0.6) is 0 Å². The van der Waals surface area contributed by atoms with Gasteiger partial charge in [0.2, 0.25) is 15.9 Å². The van der Waals surface area contributed by atoms with Gasteiger partial charge >= 0.3 is 0 Å². The number of benzene rings is 2. The Balaban J connectivity index is 1.51. The molecule has 1 aliphatic heterocycles. The number of rotatable bonds is 4. The molecule has 0 fully saturated rings. The quantitative estimate of drug-likeness (QED) is 0.672. The molecule has 4 rings (SSSR count). The molecule has 0 unspecified atom stereocenters. The fraction of sp³-hybridized carbons (Fsp3) is 0.222. The van der Waals surface area contributed by atoms with Gasteiger partial charge in [0.25, 0.3) is 0 Å². The molecule has 1 amide bonds. The highest BCUT2D eigenvalue weighted by Crippen LogP contribution is 2.31. The van der Waals surface area contributed by atoms with E-state index >= 15 is 0 Å². The van der Waals surface area contributed by atoms with Crippen LogP contribution in [0, 0.1) is 0 Å². The number of hydrogen-bond donors (Lipinski definition) is 1. The minimum Gasteiger partial charge on any atom is -0.322 e. The van der Waals surface area contributed by atoms with E-state index in [1.807, 2.05) is 35.9 Å². The highest BCUT2D eigenvalue weighted by Gasteiger charge is 2.26. The lowest BCUT2D eigenvalue weighted by Gasteiger charge is -2.17. The Kier molecular flexibility index (Phi) is 4.45. The summed E-state index contributed by atoms with van der Waals surface area (Å²) in [7, 11) is -1.81. The van der Waals surface area contributed by atoms with E-state index < -0.39 is 10.0 Å². The third kappa shape index (κ3) is 3.33. The molecule has 0 atom stereocenters. The monoisotopic (exact) mass is 402 g/mol. The first-order valence-corrected chi connectivity index (χ1v) is 10.9. The van der Waals surface area contributed by atoms with Crippen LogP contribution in [0.15, 0.2) is 52.5 Å². The molecular weight excluding hydrogens is 384 g/mol. The molecule has 9 heteroatoms. The summed E-state index contributed by atoms with van der Waals surface area (Å²) in [4.78, 5) is 19.0. The molecule has 0 saturated carbocycles. The average Bonchev–Trinajstić information content (AvgIpc) is 3.20. The molecule has 0 aliphatic carbocycles. The average molecular weight is 403 g/mol. The van der Waals surface area contributed by atoms with Crippen molar-refractivity contribution >= 4 is 44.4 Å². The van der Waals surface area contributed by atoms with Crippen LogP contribution in [0.2, 0.25) is 0 Å². The molecule has 27 heavy (non-hydrogen) atoms. The van der Waals surface area contributed by atoms with Gasteiger partial charge in [0.15, 0.2) is 5.16 Å². The number of primary sulfonamides is 1. The lowest BCUT2D eigenvalue weighted by atomic mass is 10.2. The number of carbonyl (C=O) groups is 1. The standard InChI is InChI=1S/C18H18N4O3S2/c1-21-16-5-3-2-4-14(16)20-18(21)26-11-17(23)22-9-8-12-10-13(27(19,24)25)6-7-15(12)22/h2-7,10H,8-9,11H2,1H3,(H2,19,24,25). The molecule has 2 aromatic carbocycles. The zero-order valence-corrected chi connectivity index (χ0v) is 16.3. The summed E-state index contributed by atoms with van der Waals surface area (Å²) < 4.78 is 25.0. The molecule has 0 saturated heterocycles. The second kappa shape index (κ2) is 6.66. The van der Waals surface area contributed by atoms with Gasteiger partial charge in [-0.25, -0.2) is 18.5 Å². The number of amides is 1. The first-order chi connectivity index (χ1) is 12.8. The number of aromatic nitrogens is 2. The maximum atomic E-state index is 12.7. The van der Waals surface area contributed by atoms with Gasteiger partial charge in [-0.05, 0) is 42.3 Å². The van der Waals surface area contributed by atoms with Crippen molar-refractivity contribution in [3.8, 4) is 0 Å². The number of carbonyl (C=O) groups excluding carboxylic acids is 1. The van der Waals surface area contributed by atoms with E-state index in [0.29, 0.717) is 13.0 Å². The van der Waals surface area contributed by atoms with Crippen molar-refractivity contribution in [2.24, 2.45) is 12.2 Å². The number of anilines is 1. The summed E-state index contributed by atoms with van der Waals surface area (Å²) in [6, 6.07) is 12.5. The van der Waals surface area contributed by atoms with Crippen molar-refractivity contribution in [1.82, 2.24) is 9.55 Å². The van der Waals surface area contributed by atoms with Gasteiger partial charge in [0.05, 0.1) is 21.7 Å². The molecule has 3 aromatic rings. The number of fused-ring (bicyclic) bond motifs is 2. The lowest BCUT2D eigenvalue weighted by Crippen LogP contribution is -2.30. The van der Waals surface area contributed by atoms with Gasteiger partial charge in [0, 0.05) is 19.3 Å². The molecular formula is C18H18N4O3S2. The van der Waals surface area contributed by atoms with E-state index in [1.165, 1.54) is 17.8 Å². The van der Waals surface area contributed by atoms with Crippen LogP contribution in [0.3, 0.4) is 0 Å². The number of sulfonamides is 1. The number of imidazole rings is 1. The van der Waals surface area contributed by atoms with Crippen LogP contribution in [0.25, 0.3) is 11.0 Å². The SMILES string of the molecule is Cn1c(SCC(=O)N2CCc3cc(S(N)(=O)=O)ccc32)nc2ccccc21. The fourth-order valence-electron chi connectivity index (χ4n) is 3.27. The zero-order valence-electron chi connectivity index (χ0n) is 14.6. The number of thioether (sulfide) groups is 1. The molecule has 2 heterocycles. The molecule has 0 spiro atoms. The largest absolute Gasteiger partial charge is 0.322 e. The van der Waals surface area contributed by atoms with Gasteiger partial charge in [-0.1, -0.05) is 23.9 Å². The number of aryl methyl sites for hydroxylation is 1. The first kappa shape index (κ1) is 18.0. The van der Waals surface area contributed by atoms with Gasteiger partial charge in [-0.2, -0.15) is 0 Å². The summed E-state index contributed by atoms with van der Waals surface area (Å²) in [6.45, 7) is 0.533. The maximum absolute atomic E-state index is 12.7. The van der Waals surface area contributed by atoms with Crippen LogP contribution in [-0.4, -0.2) is 36.2 Å². The predicted octanol–water partition coefficient (Wildman–Crippen LogP) is 1.90. The van der Waals surface area contributed by atoms with Crippen molar-refractivity contribution in [2.75, 3.05) is 17.2 Å². The maximum Gasteiger partial charge on any atom is 0.238 e. The summed E-state index contributed by atoms with van der Waals surface area (Å²) in [5.41, 5.74) is 3.49. The van der Waals surface area contributed by atoms with Crippen LogP contribution in [-0.2, 0) is 28.3 Å². The Bertz CT molecular complexity index is 1150. The van der Waals surface area contributed by atoms with Crippen LogP contribution >= 0.6 is 11.8 Å². The Morgan fingerprint density at radius 3 is 2.78 bits per heavy atom. The van der Waals surface area contributed by atoms with E-state index in [4.69, 9.17) is 5.14 Å². The summed E-state index contributed by atoms with van der Waals surface area (Å²) in [6.07, 6.45) is 0.612. The van der Waals surface area contributed by atoms with Gasteiger partial charge in [-0.3, -0.25) is 4.79 Å². The van der Waals surface area contributed by atoms with Crippen LogP contribution in [0.1, 0.15) is 5.56 Å². The molecule has 1 aliphatic rings. The van der Waals surface area contributed by atoms with Crippen molar-refractivity contribution in [1.29, 1.82) is 0 Å². The third-order valence-corrected chi connectivity index (χ3v) is 6.57. The lowest BCUT2D eigenvalue weighted by molar-refractivity contribution is -0.116. The van der Waals surface area contributed by atoms with E-state index in [0.717, 1.165) is 27.4 Å². The van der Waals surface area contributed by atoms with E-state index in [2.05, 4.69) is 4.98 Å². The highest BCUT2D eigenvalue weighted by atomic mass is 32.2.